The molecule has 24 heavy (non-hydrogen) atoms. The lowest BCUT2D eigenvalue weighted by Gasteiger charge is -2.33. The Morgan fingerprint density at radius 2 is 1.88 bits per heavy atom. The Morgan fingerprint density at radius 1 is 1.17 bits per heavy atom. The number of hydrogen-bond acceptors (Lipinski definition) is 4. The molecule has 2 aromatic rings. The molecule has 0 aliphatic carbocycles. The van der Waals surface area contributed by atoms with Gasteiger partial charge in [0.2, 0.25) is 0 Å². The zero-order chi connectivity index (χ0) is 16.9. The third-order valence-corrected chi connectivity index (χ3v) is 5.62. The second kappa shape index (κ2) is 7.69. The highest BCUT2D eigenvalue weighted by atomic mass is 32.2. The van der Waals surface area contributed by atoms with Crippen LogP contribution in [0.4, 0.5) is 10.1 Å². The molecule has 2 aromatic carbocycles. The van der Waals surface area contributed by atoms with Gasteiger partial charge >= 0.3 is 0 Å². The molecule has 0 radical (unpaired) electrons. The number of nitriles is 1. The van der Waals surface area contributed by atoms with Crippen molar-refractivity contribution in [3.63, 3.8) is 0 Å². The van der Waals surface area contributed by atoms with Crippen LogP contribution >= 0.6 is 11.8 Å². The molecule has 0 saturated carbocycles. The Labute approximate surface area is 145 Å². The van der Waals surface area contributed by atoms with Crippen molar-refractivity contribution in [2.24, 2.45) is 0 Å². The second-order valence-corrected chi connectivity index (χ2v) is 7.26. The minimum atomic E-state index is -0.320. The third kappa shape index (κ3) is 3.89. The Kier molecular flexibility index (Phi) is 5.39. The average Bonchev–Trinajstić information content (AvgIpc) is 2.63. The van der Waals surface area contributed by atoms with Gasteiger partial charge in [0, 0.05) is 23.2 Å². The molecule has 1 N–H and O–H groups in total. The summed E-state index contributed by atoms with van der Waals surface area (Å²) in [7, 11) is 0. The number of rotatable bonds is 4. The van der Waals surface area contributed by atoms with Crippen molar-refractivity contribution in [1.29, 1.82) is 5.26 Å². The number of piperidine rings is 1. The Hall–Kier alpha value is -2.03. The summed E-state index contributed by atoms with van der Waals surface area (Å²) in [6.45, 7) is 1.70. The van der Waals surface area contributed by atoms with Crippen LogP contribution in [0.25, 0.3) is 0 Å². The van der Waals surface area contributed by atoms with Gasteiger partial charge in [0.1, 0.15) is 5.82 Å². The number of aliphatic hydroxyl groups excluding tert-OH is 1. The number of anilines is 1. The number of benzene rings is 2. The van der Waals surface area contributed by atoms with Gasteiger partial charge in [0.05, 0.1) is 23.9 Å². The van der Waals surface area contributed by atoms with Crippen LogP contribution in [0.2, 0.25) is 0 Å². The third-order valence-electron chi connectivity index (χ3n) is 4.27. The van der Waals surface area contributed by atoms with E-state index in [9.17, 15) is 4.39 Å². The number of thioether (sulfide) groups is 1. The van der Waals surface area contributed by atoms with Crippen molar-refractivity contribution in [1.82, 2.24) is 0 Å². The number of hydrogen-bond donors (Lipinski definition) is 1. The summed E-state index contributed by atoms with van der Waals surface area (Å²) in [5.74, 6) is -0.320. The molecule has 0 aromatic heterocycles. The van der Waals surface area contributed by atoms with Crippen molar-refractivity contribution in [3.8, 4) is 6.07 Å². The van der Waals surface area contributed by atoms with Gasteiger partial charge in [-0.25, -0.2) is 4.39 Å². The van der Waals surface area contributed by atoms with Crippen LogP contribution in [0.5, 0.6) is 0 Å². The van der Waals surface area contributed by atoms with E-state index in [1.54, 1.807) is 12.1 Å². The fourth-order valence-corrected chi connectivity index (χ4v) is 4.04. The largest absolute Gasteiger partial charge is 0.392 e. The monoisotopic (exact) mass is 342 g/mol. The first kappa shape index (κ1) is 16.8. The number of aliphatic hydroxyl groups is 1. The molecule has 1 aliphatic rings. The molecule has 3 nitrogen and oxygen atoms in total. The first-order valence-electron chi connectivity index (χ1n) is 8.00. The quantitative estimate of drug-likeness (QED) is 0.914. The maximum Gasteiger partial charge on any atom is 0.147 e. The van der Waals surface area contributed by atoms with Gasteiger partial charge < -0.3 is 10.0 Å². The molecule has 0 atom stereocenters. The Morgan fingerprint density at radius 3 is 2.46 bits per heavy atom. The molecule has 1 aliphatic heterocycles. The maximum atomic E-state index is 14.1. The molecule has 0 bridgehead atoms. The van der Waals surface area contributed by atoms with Gasteiger partial charge in [-0.3, -0.25) is 0 Å². The molecule has 5 heteroatoms. The standard InChI is InChI=1S/C19H19FN2OS/c20-18-11-15(12-21)3-6-19(18)22-9-7-17(8-10-22)24-16-4-1-14(13-23)2-5-16/h1-6,11,17,23H,7-10,13H2. The first-order chi connectivity index (χ1) is 11.7. The zero-order valence-corrected chi connectivity index (χ0v) is 14.1. The van der Waals surface area contributed by atoms with Crippen molar-refractivity contribution in [2.75, 3.05) is 18.0 Å². The summed E-state index contributed by atoms with van der Waals surface area (Å²) in [6, 6.07) is 14.6. The number of halogens is 1. The topological polar surface area (TPSA) is 47.3 Å². The molecular formula is C19H19FN2OS. The van der Waals surface area contributed by atoms with Gasteiger partial charge in [0.15, 0.2) is 0 Å². The SMILES string of the molecule is N#Cc1ccc(N2CCC(Sc3ccc(CO)cc3)CC2)c(F)c1. The number of nitrogens with zero attached hydrogens (tertiary/aromatic N) is 2. The highest BCUT2D eigenvalue weighted by Gasteiger charge is 2.22. The van der Waals surface area contributed by atoms with Gasteiger partial charge in [0.25, 0.3) is 0 Å². The lowest BCUT2D eigenvalue weighted by atomic mass is 10.1. The lowest BCUT2D eigenvalue weighted by Crippen LogP contribution is -2.35. The van der Waals surface area contributed by atoms with E-state index in [4.69, 9.17) is 10.4 Å². The van der Waals surface area contributed by atoms with E-state index in [1.807, 2.05) is 42.1 Å². The first-order valence-corrected chi connectivity index (χ1v) is 8.88. The predicted molar refractivity (Wildman–Crippen MR) is 94.6 cm³/mol. The average molecular weight is 342 g/mol. The molecule has 0 amide bonds. The van der Waals surface area contributed by atoms with Gasteiger partial charge in [-0.1, -0.05) is 12.1 Å². The van der Waals surface area contributed by atoms with E-state index in [0.717, 1.165) is 31.5 Å². The Balaban J connectivity index is 1.58. The van der Waals surface area contributed by atoms with Gasteiger partial charge in [-0.2, -0.15) is 5.26 Å². The summed E-state index contributed by atoms with van der Waals surface area (Å²) >= 11 is 1.85. The highest BCUT2D eigenvalue weighted by Crippen LogP contribution is 2.32. The second-order valence-electron chi connectivity index (χ2n) is 5.88. The minimum absolute atomic E-state index is 0.0689. The maximum absolute atomic E-state index is 14.1. The summed E-state index contributed by atoms with van der Waals surface area (Å²) in [6.07, 6.45) is 1.98. The van der Waals surface area contributed by atoms with Crippen LogP contribution in [0.15, 0.2) is 47.4 Å². The fraction of sp³-hybridized carbons (Fsp3) is 0.316. The molecule has 3 rings (SSSR count). The van der Waals surface area contributed by atoms with Gasteiger partial charge in [-0.05, 0) is 48.7 Å². The van der Waals surface area contributed by atoms with E-state index in [-0.39, 0.29) is 12.4 Å². The fourth-order valence-electron chi connectivity index (χ4n) is 2.91. The van der Waals surface area contributed by atoms with E-state index in [1.165, 1.54) is 11.0 Å². The summed E-state index contributed by atoms with van der Waals surface area (Å²) in [5.41, 5.74) is 1.86. The van der Waals surface area contributed by atoms with E-state index < -0.39 is 0 Å². The van der Waals surface area contributed by atoms with Crippen LogP contribution in [0, 0.1) is 17.1 Å². The summed E-state index contributed by atoms with van der Waals surface area (Å²) in [5, 5.41) is 18.4. The van der Waals surface area contributed by atoms with Crippen LogP contribution in [-0.2, 0) is 6.61 Å². The predicted octanol–water partition coefficient (Wildman–Crippen LogP) is 3.95. The van der Waals surface area contributed by atoms with Gasteiger partial charge in [-0.15, -0.1) is 11.8 Å². The summed E-state index contributed by atoms with van der Waals surface area (Å²) in [4.78, 5) is 3.26. The molecule has 1 fully saturated rings. The minimum Gasteiger partial charge on any atom is -0.392 e. The molecule has 0 unspecified atom stereocenters. The van der Waals surface area contributed by atoms with E-state index in [0.29, 0.717) is 16.5 Å². The molecular weight excluding hydrogens is 323 g/mol. The Bertz CT molecular complexity index is 734. The van der Waals surface area contributed by atoms with Crippen LogP contribution < -0.4 is 4.90 Å². The normalized spacial score (nSPS) is 15.3. The molecule has 0 spiro atoms. The summed E-state index contributed by atoms with van der Waals surface area (Å²) < 4.78 is 14.1. The van der Waals surface area contributed by atoms with Crippen LogP contribution in [0.1, 0.15) is 24.0 Å². The van der Waals surface area contributed by atoms with E-state index in [2.05, 4.69) is 4.90 Å². The zero-order valence-electron chi connectivity index (χ0n) is 13.3. The van der Waals surface area contributed by atoms with Crippen molar-refractivity contribution < 1.29 is 9.50 Å². The molecule has 124 valence electrons. The molecule has 1 saturated heterocycles. The highest BCUT2D eigenvalue weighted by molar-refractivity contribution is 8.00. The van der Waals surface area contributed by atoms with Crippen LogP contribution in [0.3, 0.4) is 0 Å². The van der Waals surface area contributed by atoms with Crippen molar-refractivity contribution in [2.45, 2.75) is 29.6 Å². The molecule has 1 heterocycles. The van der Waals surface area contributed by atoms with Crippen molar-refractivity contribution in [3.05, 3.63) is 59.4 Å². The van der Waals surface area contributed by atoms with E-state index >= 15 is 0 Å². The van der Waals surface area contributed by atoms with Crippen LogP contribution in [-0.4, -0.2) is 23.4 Å². The smallest absolute Gasteiger partial charge is 0.147 e. The van der Waals surface area contributed by atoms with Crippen molar-refractivity contribution >= 4 is 17.4 Å². The lowest BCUT2D eigenvalue weighted by molar-refractivity contribution is 0.282.